The average molecular weight is 255 g/mol. The van der Waals surface area contributed by atoms with Crippen LogP contribution in [0, 0.1) is 6.92 Å². The van der Waals surface area contributed by atoms with E-state index in [1.807, 2.05) is 12.4 Å². The van der Waals surface area contributed by atoms with Crippen LogP contribution in [0.3, 0.4) is 0 Å². The molecular weight excluding hydrogens is 234 g/mol. The molecule has 1 aliphatic rings. The molecule has 3 heteroatoms. The highest BCUT2D eigenvalue weighted by atomic mass is 14.9. The van der Waals surface area contributed by atoms with Crippen molar-refractivity contribution in [1.29, 1.82) is 0 Å². The van der Waals surface area contributed by atoms with Gasteiger partial charge in [-0.1, -0.05) is 24.3 Å². The van der Waals surface area contributed by atoms with Gasteiger partial charge in [-0.3, -0.25) is 0 Å². The van der Waals surface area contributed by atoms with Crippen molar-refractivity contribution in [2.45, 2.75) is 38.1 Å². The molecule has 1 heterocycles. The van der Waals surface area contributed by atoms with Crippen molar-refractivity contribution in [3.05, 3.63) is 53.6 Å². The minimum absolute atomic E-state index is 0.680. The van der Waals surface area contributed by atoms with Gasteiger partial charge in [0.15, 0.2) is 0 Å². The Balaban J connectivity index is 1.42. The Bertz CT molecular complexity index is 513. The summed E-state index contributed by atoms with van der Waals surface area (Å²) in [6.07, 6.45) is 7.21. The molecule has 1 fully saturated rings. The van der Waals surface area contributed by atoms with Crippen molar-refractivity contribution in [2.75, 3.05) is 6.54 Å². The van der Waals surface area contributed by atoms with Gasteiger partial charge in [0.2, 0.25) is 0 Å². The highest BCUT2D eigenvalue weighted by molar-refractivity contribution is 5.31. The molecule has 2 N–H and O–H groups in total. The molecule has 0 aliphatic heterocycles. The van der Waals surface area contributed by atoms with E-state index in [4.69, 9.17) is 0 Å². The maximum absolute atomic E-state index is 4.24. The number of hydrogen-bond donors (Lipinski definition) is 2. The molecule has 0 bridgehead atoms. The Labute approximate surface area is 114 Å². The minimum atomic E-state index is 0.680. The van der Waals surface area contributed by atoms with Crippen LogP contribution < -0.4 is 5.32 Å². The molecule has 0 radical (unpaired) electrons. The topological polar surface area (TPSA) is 40.7 Å². The molecule has 0 unspecified atom stereocenters. The highest BCUT2D eigenvalue weighted by Gasteiger charge is 2.30. The third-order valence-corrected chi connectivity index (χ3v) is 4.12. The van der Waals surface area contributed by atoms with Gasteiger partial charge in [0.05, 0.1) is 0 Å². The van der Waals surface area contributed by atoms with Gasteiger partial charge in [-0.05, 0) is 36.8 Å². The third kappa shape index (κ3) is 2.87. The van der Waals surface area contributed by atoms with Crippen molar-refractivity contribution in [1.82, 2.24) is 15.3 Å². The van der Waals surface area contributed by atoms with E-state index in [1.165, 1.54) is 24.0 Å². The van der Waals surface area contributed by atoms with Gasteiger partial charge in [0, 0.05) is 31.4 Å². The zero-order chi connectivity index (χ0) is 13.1. The van der Waals surface area contributed by atoms with E-state index in [2.05, 4.69) is 46.5 Å². The molecule has 100 valence electrons. The number of aryl methyl sites for hydroxylation is 1. The molecule has 3 rings (SSSR count). The zero-order valence-corrected chi connectivity index (χ0v) is 11.4. The Kier molecular flexibility index (Phi) is 3.65. The number of benzene rings is 1. The van der Waals surface area contributed by atoms with E-state index in [-0.39, 0.29) is 0 Å². The number of aromatic nitrogens is 2. The standard InChI is InChI=1S/C16H21N3/c1-12-4-2-3-5-15(12)13-10-14(11-13)17-7-6-16-18-8-9-19-16/h2-5,8-9,13-14,17H,6-7,10-11H2,1H3,(H,18,19). The Morgan fingerprint density at radius 1 is 1.32 bits per heavy atom. The van der Waals surface area contributed by atoms with Crippen molar-refractivity contribution in [3.63, 3.8) is 0 Å². The summed E-state index contributed by atoms with van der Waals surface area (Å²) in [5.41, 5.74) is 2.97. The van der Waals surface area contributed by atoms with E-state index >= 15 is 0 Å². The van der Waals surface area contributed by atoms with E-state index < -0.39 is 0 Å². The molecule has 0 saturated heterocycles. The Morgan fingerprint density at radius 2 is 2.16 bits per heavy atom. The smallest absolute Gasteiger partial charge is 0.107 e. The lowest BCUT2D eigenvalue weighted by Gasteiger charge is -2.37. The maximum atomic E-state index is 4.24. The molecule has 19 heavy (non-hydrogen) atoms. The fourth-order valence-corrected chi connectivity index (χ4v) is 2.91. The molecule has 1 saturated carbocycles. The normalized spacial score (nSPS) is 22.2. The first-order valence-corrected chi connectivity index (χ1v) is 7.10. The molecule has 3 nitrogen and oxygen atoms in total. The van der Waals surface area contributed by atoms with E-state index in [1.54, 1.807) is 0 Å². The summed E-state index contributed by atoms with van der Waals surface area (Å²) in [7, 11) is 0. The zero-order valence-electron chi connectivity index (χ0n) is 11.4. The predicted molar refractivity (Wildman–Crippen MR) is 77.2 cm³/mol. The van der Waals surface area contributed by atoms with E-state index in [0.29, 0.717) is 6.04 Å². The quantitative estimate of drug-likeness (QED) is 0.862. The van der Waals surface area contributed by atoms with Gasteiger partial charge in [0.1, 0.15) is 5.82 Å². The van der Waals surface area contributed by atoms with Crippen LogP contribution in [-0.4, -0.2) is 22.6 Å². The van der Waals surface area contributed by atoms with E-state index in [0.717, 1.165) is 24.7 Å². The van der Waals surface area contributed by atoms with Gasteiger partial charge >= 0.3 is 0 Å². The summed E-state index contributed by atoms with van der Waals surface area (Å²) in [5, 5.41) is 3.62. The SMILES string of the molecule is Cc1ccccc1C1CC(NCCc2ncc[nH]2)C1. The summed E-state index contributed by atoms with van der Waals surface area (Å²) in [6, 6.07) is 9.45. The fourth-order valence-electron chi connectivity index (χ4n) is 2.91. The lowest BCUT2D eigenvalue weighted by Crippen LogP contribution is -2.41. The second kappa shape index (κ2) is 5.57. The first-order chi connectivity index (χ1) is 9.33. The molecule has 2 aromatic rings. The summed E-state index contributed by atoms with van der Waals surface area (Å²) in [5.74, 6) is 1.82. The second-order valence-corrected chi connectivity index (χ2v) is 5.46. The number of imidazole rings is 1. The average Bonchev–Trinajstić information content (AvgIpc) is 2.87. The van der Waals surface area contributed by atoms with Crippen molar-refractivity contribution < 1.29 is 0 Å². The molecule has 0 atom stereocenters. The van der Waals surface area contributed by atoms with Crippen molar-refractivity contribution in [2.24, 2.45) is 0 Å². The molecular formula is C16H21N3. The first kappa shape index (κ1) is 12.4. The predicted octanol–water partition coefficient (Wildman–Crippen LogP) is 2.80. The lowest BCUT2D eigenvalue weighted by molar-refractivity contribution is 0.291. The van der Waals surface area contributed by atoms with Gasteiger partial charge in [-0.2, -0.15) is 0 Å². The van der Waals surface area contributed by atoms with Crippen LogP contribution in [0.15, 0.2) is 36.7 Å². The molecule has 1 aliphatic carbocycles. The minimum Gasteiger partial charge on any atom is -0.349 e. The molecule has 0 amide bonds. The van der Waals surface area contributed by atoms with Gasteiger partial charge in [0.25, 0.3) is 0 Å². The largest absolute Gasteiger partial charge is 0.349 e. The lowest BCUT2D eigenvalue weighted by atomic mass is 9.74. The van der Waals surface area contributed by atoms with Crippen LogP contribution in [0.25, 0.3) is 0 Å². The van der Waals surface area contributed by atoms with Crippen LogP contribution in [0.1, 0.15) is 35.7 Å². The van der Waals surface area contributed by atoms with Crippen LogP contribution in [0.4, 0.5) is 0 Å². The number of aromatic amines is 1. The fraction of sp³-hybridized carbons (Fsp3) is 0.438. The van der Waals surface area contributed by atoms with Gasteiger partial charge < -0.3 is 10.3 Å². The van der Waals surface area contributed by atoms with Crippen LogP contribution in [0.2, 0.25) is 0 Å². The molecule has 1 aromatic heterocycles. The summed E-state index contributed by atoms with van der Waals surface area (Å²) < 4.78 is 0. The Morgan fingerprint density at radius 3 is 2.89 bits per heavy atom. The maximum Gasteiger partial charge on any atom is 0.107 e. The number of nitrogens with one attached hydrogen (secondary N) is 2. The number of H-pyrrole nitrogens is 1. The highest BCUT2D eigenvalue weighted by Crippen LogP contribution is 2.38. The van der Waals surface area contributed by atoms with Crippen LogP contribution >= 0.6 is 0 Å². The summed E-state index contributed by atoms with van der Waals surface area (Å²) >= 11 is 0. The molecule has 1 aromatic carbocycles. The molecule has 0 spiro atoms. The number of rotatable bonds is 5. The number of nitrogens with zero attached hydrogens (tertiary/aromatic N) is 1. The Hall–Kier alpha value is -1.61. The summed E-state index contributed by atoms with van der Waals surface area (Å²) in [6.45, 7) is 3.23. The first-order valence-electron chi connectivity index (χ1n) is 7.10. The monoisotopic (exact) mass is 255 g/mol. The second-order valence-electron chi connectivity index (χ2n) is 5.46. The number of hydrogen-bond acceptors (Lipinski definition) is 2. The van der Waals surface area contributed by atoms with Crippen molar-refractivity contribution >= 4 is 0 Å². The van der Waals surface area contributed by atoms with Crippen molar-refractivity contribution in [3.8, 4) is 0 Å². The van der Waals surface area contributed by atoms with Gasteiger partial charge in [-0.15, -0.1) is 0 Å². The van der Waals surface area contributed by atoms with Gasteiger partial charge in [-0.25, -0.2) is 4.98 Å². The van der Waals surface area contributed by atoms with Crippen LogP contribution in [0.5, 0.6) is 0 Å². The third-order valence-electron chi connectivity index (χ3n) is 4.12. The van der Waals surface area contributed by atoms with Crippen LogP contribution in [-0.2, 0) is 6.42 Å². The summed E-state index contributed by atoms with van der Waals surface area (Å²) in [4.78, 5) is 7.37. The van der Waals surface area contributed by atoms with E-state index in [9.17, 15) is 0 Å².